The highest BCUT2D eigenvalue weighted by Crippen LogP contribution is 2.28. The highest BCUT2D eigenvalue weighted by Gasteiger charge is 2.19. The molecule has 0 aliphatic carbocycles. The highest BCUT2D eigenvalue weighted by atomic mass is 79.9. The van der Waals surface area contributed by atoms with Crippen molar-refractivity contribution >= 4 is 27.5 Å². The molecule has 1 atom stereocenters. The standard InChI is InChI=1S/C15H19BrFN3S/c1-3-5-13-15(21-20-19-13)14(18-4-2)8-10-6-7-11(17)9-12(10)16/h6-7,9,14,18H,3-5,8H2,1-2H3. The van der Waals surface area contributed by atoms with Gasteiger partial charge in [0.1, 0.15) is 5.82 Å². The van der Waals surface area contributed by atoms with Gasteiger partial charge in [-0.15, -0.1) is 5.10 Å². The molecule has 1 aromatic carbocycles. The first-order chi connectivity index (χ1) is 10.2. The summed E-state index contributed by atoms with van der Waals surface area (Å²) in [5.41, 5.74) is 2.16. The molecule has 2 rings (SSSR count). The molecule has 21 heavy (non-hydrogen) atoms. The summed E-state index contributed by atoms with van der Waals surface area (Å²) in [6, 6.07) is 5.01. The second-order valence-electron chi connectivity index (χ2n) is 4.88. The SMILES string of the molecule is CCCc1nnsc1C(Cc1ccc(F)cc1Br)NCC. The number of likely N-dealkylation sites (N-methyl/N-ethyl adjacent to an activating group) is 1. The van der Waals surface area contributed by atoms with E-state index in [1.165, 1.54) is 28.5 Å². The molecular weight excluding hydrogens is 353 g/mol. The van der Waals surface area contributed by atoms with E-state index in [-0.39, 0.29) is 11.9 Å². The molecule has 0 fully saturated rings. The molecule has 0 saturated heterocycles. The Morgan fingerprint density at radius 2 is 2.19 bits per heavy atom. The smallest absolute Gasteiger partial charge is 0.124 e. The molecule has 1 unspecified atom stereocenters. The average molecular weight is 372 g/mol. The number of hydrogen-bond donors (Lipinski definition) is 1. The van der Waals surface area contributed by atoms with Gasteiger partial charge >= 0.3 is 0 Å². The summed E-state index contributed by atoms with van der Waals surface area (Å²) in [6.45, 7) is 5.09. The van der Waals surface area contributed by atoms with Crippen LogP contribution in [0.25, 0.3) is 0 Å². The molecule has 1 N–H and O–H groups in total. The van der Waals surface area contributed by atoms with Crippen molar-refractivity contribution in [1.29, 1.82) is 0 Å². The van der Waals surface area contributed by atoms with Crippen LogP contribution in [0.5, 0.6) is 0 Å². The molecule has 0 aliphatic heterocycles. The Morgan fingerprint density at radius 3 is 2.86 bits per heavy atom. The van der Waals surface area contributed by atoms with E-state index in [0.717, 1.165) is 41.5 Å². The lowest BCUT2D eigenvalue weighted by Gasteiger charge is -2.18. The summed E-state index contributed by atoms with van der Waals surface area (Å²) < 4.78 is 18.1. The number of aryl methyl sites for hydroxylation is 1. The molecule has 0 aliphatic rings. The zero-order valence-electron chi connectivity index (χ0n) is 12.2. The van der Waals surface area contributed by atoms with Crippen molar-refractivity contribution < 1.29 is 4.39 Å². The molecular formula is C15H19BrFN3S. The first kappa shape index (κ1) is 16.5. The summed E-state index contributed by atoms with van der Waals surface area (Å²) in [5, 5.41) is 7.73. The van der Waals surface area contributed by atoms with Crippen molar-refractivity contribution in [1.82, 2.24) is 14.9 Å². The van der Waals surface area contributed by atoms with Crippen LogP contribution >= 0.6 is 27.5 Å². The number of nitrogens with one attached hydrogen (secondary N) is 1. The second-order valence-corrected chi connectivity index (χ2v) is 6.52. The maximum Gasteiger partial charge on any atom is 0.124 e. The van der Waals surface area contributed by atoms with E-state index in [2.05, 4.69) is 44.7 Å². The lowest BCUT2D eigenvalue weighted by atomic mass is 10.0. The van der Waals surface area contributed by atoms with Crippen molar-refractivity contribution in [2.24, 2.45) is 0 Å². The van der Waals surface area contributed by atoms with Crippen LogP contribution in [0.1, 0.15) is 42.4 Å². The Bertz CT molecular complexity index is 588. The van der Waals surface area contributed by atoms with Crippen LogP contribution in [0, 0.1) is 5.82 Å². The van der Waals surface area contributed by atoms with Gasteiger partial charge in [0.05, 0.1) is 10.6 Å². The molecule has 0 bridgehead atoms. The first-order valence-electron chi connectivity index (χ1n) is 7.14. The second kappa shape index (κ2) is 7.96. The number of benzene rings is 1. The minimum absolute atomic E-state index is 0.165. The predicted octanol–water partition coefficient (Wildman–Crippen LogP) is 4.29. The molecule has 114 valence electrons. The van der Waals surface area contributed by atoms with E-state index in [1.807, 2.05) is 6.07 Å². The maximum absolute atomic E-state index is 13.2. The van der Waals surface area contributed by atoms with Crippen LogP contribution in [0.15, 0.2) is 22.7 Å². The van der Waals surface area contributed by atoms with Gasteiger partial charge in [0.2, 0.25) is 0 Å². The first-order valence-corrected chi connectivity index (χ1v) is 8.70. The van der Waals surface area contributed by atoms with Gasteiger partial charge in [0, 0.05) is 10.5 Å². The van der Waals surface area contributed by atoms with E-state index in [4.69, 9.17) is 0 Å². The lowest BCUT2D eigenvalue weighted by molar-refractivity contribution is 0.549. The summed E-state index contributed by atoms with van der Waals surface area (Å²) in [6.07, 6.45) is 2.78. The molecule has 0 radical (unpaired) electrons. The van der Waals surface area contributed by atoms with E-state index in [1.54, 1.807) is 0 Å². The topological polar surface area (TPSA) is 37.8 Å². The number of nitrogens with zero attached hydrogens (tertiary/aromatic N) is 2. The summed E-state index contributed by atoms with van der Waals surface area (Å²) in [5.74, 6) is -0.225. The van der Waals surface area contributed by atoms with Crippen LogP contribution in [0.2, 0.25) is 0 Å². The Balaban J connectivity index is 2.24. The van der Waals surface area contributed by atoms with Crippen LogP contribution in [0.3, 0.4) is 0 Å². The normalized spacial score (nSPS) is 12.6. The van der Waals surface area contributed by atoms with Gasteiger partial charge in [0.15, 0.2) is 0 Å². The summed E-state index contributed by atoms with van der Waals surface area (Å²) in [7, 11) is 0. The van der Waals surface area contributed by atoms with Gasteiger partial charge in [-0.2, -0.15) is 0 Å². The Morgan fingerprint density at radius 1 is 1.38 bits per heavy atom. The van der Waals surface area contributed by atoms with Crippen molar-refractivity contribution in [3.05, 3.63) is 44.6 Å². The molecule has 2 aromatic rings. The van der Waals surface area contributed by atoms with Crippen molar-refractivity contribution in [2.75, 3.05) is 6.54 Å². The fourth-order valence-electron chi connectivity index (χ4n) is 2.30. The molecule has 0 saturated carbocycles. The number of halogens is 2. The Kier molecular flexibility index (Phi) is 6.26. The van der Waals surface area contributed by atoms with Gasteiger partial charge < -0.3 is 5.32 Å². The number of aromatic nitrogens is 2. The zero-order chi connectivity index (χ0) is 15.2. The monoisotopic (exact) mass is 371 g/mol. The molecule has 0 amide bonds. The molecule has 0 spiro atoms. The third-order valence-corrected chi connectivity index (χ3v) is 4.90. The highest BCUT2D eigenvalue weighted by molar-refractivity contribution is 9.10. The molecule has 6 heteroatoms. The van der Waals surface area contributed by atoms with Crippen molar-refractivity contribution in [2.45, 2.75) is 39.2 Å². The van der Waals surface area contributed by atoms with Crippen LogP contribution in [-0.4, -0.2) is 16.1 Å². The quantitative estimate of drug-likeness (QED) is 0.788. The Hall–Kier alpha value is -0.850. The van der Waals surface area contributed by atoms with Gasteiger partial charge in [-0.3, -0.25) is 0 Å². The van der Waals surface area contributed by atoms with E-state index >= 15 is 0 Å². The van der Waals surface area contributed by atoms with E-state index in [9.17, 15) is 4.39 Å². The van der Waals surface area contributed by atoms with Crippen molar-refractivity contribution in [3.63, 3.8) is 0 Å². The number of hydrogen-bond acceptors (Lipinski definition) is 4. The van der Waals surface area contributed by atoms with Crippen LogP contribution < -0.4 is 5.32 Å². The van der Waals surface area contributed by atoms with Crippen LogP contribution in [0.4, 0.5) is 4.39 Å². The minimum atomic E-state index is -0.225. The van der Waals surface area contributed by atoms with Gasteiger partial charge in [-0.25, -0.2) is 4.39 Å². The fraction of sp³-hybridized carbons (Fsp3) is 0.467. The predicted molar refractivity (Wildman–Crippen MR) is 88.1 cm³/mol. The van der Waals surface area contributed by atoms with Gasteiger partial charge in [-0.05, 0) is 48.6 Å². The summed E-state index contributed by atoms with van der Waals surface area (Å²) >= 11 is 4.90. The third-order valence-electron chi connectivity index (χ3n) is 3.28. The van der Waals surface area contributed by atoms with Gasteiger partial charge in [0.25, 0.3) is 0 Å². The lowest BCUT2D eigenvalue weighted by Crippen LogP contribution is -2.23. The maximum atomic E-state index is 13.2. The average Bonchev–Trinajstić information content (AvgIpc) is 2.90. The van der Waals surface area contributed by atoms with Crippen molar-refractivity contribution in [3.8, 4) is 0 Å². The van der Waals surface area contributed by atoms with Gasteiger partial charge in [-0.1, -0.05) is 46.8 Å². The fourth-order valence-corrected chi connectivity index (χ4v) is 3.58. The third kappa shape index (κ3) is 4.31. The largest absolute Gasteiger partial charge is 0.309 e. The molecule has 3 nitrogen and oxygen atoms in total. The zero-order valence-corrected chi connectivity index (χ0v) is 14.6. The number of rotatable bonds is 7. The van der Waals surface area contributed by atoms with Crippen LogP contribution in [-0.2, 0) is 12.8 Å². The summed E-state index contributed by atoms with van der Waals surface area (Å²) in [4.78, 5) is 1.19. The molecule has 1 aromatic heterocycles. The molecule has 1 heterocycles. The minimum Gasteiger partial charge on any atom is -0.309 e. The van der Waals surface area contributed by atoms with E-state index in [0.29, 0.717) is 0 Å². The van der Waals surface area contributed by atoms with E-state index < -0.39 is 0 Å². The Labute approximate surface area is 137 Å².